The van der Waals surface area contributed by atoms with Gasteiger partial charge in [0, 0.05) is 30.5 Å². The van der Waals surface area contributed by atoms with Crippen molar-refractivity contribution in [2.24, 2.45) is 0 Å². The summed E-state index contributed by atoms with van der Waals surface area (Å²) in [5.41, 5.74) is 2.50. The number of hydrogen-bond donors (Lipinski definition) is 1. The monoisotopic (exact) mass is 246 g/mol. The Kier molecular flexibility index (Phi) is 3.43. The van der Waals surface area contributed by atoms with Crippen LogP contribution in [0.4, 0.5) is 0 Å². The molecule has 2 rings (SSSR count). The Balaban J connectivity index is 2.14. The van der Waals surface area contributed by atoms with E-state index in [9.17, 15) is 0 Å². The second-order valence-corrected chi connectivity index (χ2v) is 5.28. The predicted molar refractivity (Wildman–Crippen MR) is 68.9 cm³/mol. The highest BCUT2D eigenvalue weighted by atomic mass is 16.5. The molecule has 0 spiro atoms. The lowest BCUT2D eigenvalue weighted by Crippen LogP contribution is -2.35. The van der Waals surface area contributed by atoms with E-state index in [0.29, 0.717) is 12.3 Å². The quantitative estimate of drug-likeness (QED) is 0.900. The average Bonchev–Trinajstić information content (AvgIpc) is 2.75. The standard InChI is InChI=1S/C13H18N4O/c1-9-12(15-6-5-14-9)11-7-10(17-18-11)8-16-13(2,3)4/h5-7,16H,8H2,1-4H3. The van der Waals surface area contributed by atoms with Gasteiger partial charge in [-0.25, -0.2) is 4.98 Å². The smallest absolute Gasteiger partial charge is 0.187 e. The number of hydrogen-bond acceptors (Lipinski definition) is 5. The summed E-state index contributed by atoms with van der Waals surface area (Å²) in [4.78, 5) is 8.44. The van der Waals surface area contributed by atoms with E-state index in [1.165, 1.54) is 0 Å². The van der Waals surface area contributed by atoms with E-state index in [4.69, 9.17) is 4.52 Å². The molecule has 0 aliphatic carbocycles. The average molecular weight is 246 g/mol. The lowest BCUT2D eigenvalue weighted by Gasteiger charge is -2.19. The first-order valence-corrected chi connectivity index (χ1v) is 5.94. The van der Waals surface area contributed by atoms with Crippen LogP contribution in [0.5, 0.6) is 0 Å². The van der Waals surface area contributed by atoms with Gasteiger partial charge in [-0.15, -0.1) is 0 Å². The van der Waals surface area contributed by atoms with Gasteiger partial charge in [0.1, 0.15) is 5.69 Å². The van der Waals surface area contributed by atoms with Crippen molar-refractivity contribution in [3.63, 3.8) is 0 Å². The molecule has 0 aliphatic heterocycles. The molecule has 2 heterocycles. The van der Waals surface area contributed by atoms with Gasteiger partial charge in [-0.05, 0) is 27.7 Å². The summed E-state index contributed by atoms with van der Waals surface area (Å²) in [7, 11) is 0. The molecule has 0 aromatic carbocycles. The third kappa shape index (κ3) is 3.13. The third-order valence-corrected chi connectivity index (χ3v) is 2.47. The summed E-state index contributed by atoms with van der Waals surface area (Å²) < 4.78 is 5.30. The molecule has 2 aromatic rings. The molecule has 0 fully saturated rings. The molecular weight excluding hydrogens is 228 g/mol. The van der Waals surface area contributed by atoms with Crippen molar-refractivity contribution < 1.29 is 4.52 Å². The predicted octanol–water partition coefficient (Wildman–Crippen LogP) is 2.33. The maximum atomic E-state index is 5.30. The van der Waals surface area contributed by atoms with Crippen molar-refractivity contribution in [2.45, 2.75) is 39.8 Å². The SMILES string of the molecule is Cc1nccnc1-c1cc(CNC(C)(C)C)no1. The van der Waals surface area contributed by atoms with E-state index in [0.717, 1.165) is 17.1 Å². The van der Waals surface area contributed by atoms with E-state index in [1.54, 1.807) is 12.4 Å². The topological polar surface area (TPSA) is 63.8 Å². The molecule has 0 saturated carbocycles. The molecule has 5 nitrogen and oxygen atoms in total. The summed E-state index contributed by atoms with van der Waals surface area (Å²) >= 11 is 0. The Morgan fingerprint density at radius 1 is 1.22 bits per heavy atom. The fourth-order valence-electron chi connectivity index (χ4n) is 1.51. The largest absolute Gasteiger partial charge is 0.354 e. The zero-order chi connectivity index (χ0) is 13.2. The maximum absolute atomic E-state index is 5.30. The van der Waals surface area contributed by atoms with Crippen LogP contribution < -0.4 is 5.32 Å². The van der Waals surface area contributed by atoms with Crippen molar-refractivity contribution in [2.75, 3.05) is 0 Å². The normalized spacial score (nSPS) is 11.8. The second kappa shape index (κ2) is 4.86. The molecule has 0 amide bonds. The van der Waals surface area contributed by atoms with E-state index in [2.05, 4.69) is 41.2 Å². The molecule has 2 aromatic heterocycles. The summed E-state index contributed by atoms with van der Waals surface area (Å²) in [6.45, 7) is 8.91. The molecule has 5 heteroatoms. The van der Waals surface area contributed by atoms with E-state index >= 15 is 0 Å². The van der Waals surface area contributed by atoms with E-state index < -0.39 is 0 Å². The minimum Gasteiger partial charge on any atom is -0.354 e. The van der Waals surface area contributed by atoms with Crippen molar-refractivity contribution >= 4 is 0 Å². The molecule has 0 aliphatic rings. The number of nitrogens with one attached hydrogen (secondary N) is 1. The van der Waals surface area contributed by atoms with Crippen LogP contribution in [-0.2, 0) is 6.54 Å². The van der Waals surface area contributed by atoms with Crippen LogP contribution in [0.25, 0.3) is 11.5 Å². The molecule has 96 valence electrons. The Labute approximate surface area is 107 Å². The molecule has 0 unspecified atom stereocenters. The van der Waals surface area contributed by atoms with Crippen LogP contribution in [0.3, 0.4) is 0 Å². The molecular formula is C13H18N4O. The first kappa shape index (κ1) is 12.7. The maximum Gasteiger partial charge on any atom is 0.187 e. The van der Waals surface area contributed by atoms with Crippen LogP contribution in [0, 0.1) is 6.92 Å². The summed E-state index contributed by atoms with van der Waals surface area (Å²) in [5.74, 6) is 0.659. The van der Waals surface area contributed by atoms with Gasteiger partial charge < -0.3 is 9.84 Å². The van der Waals surface area contributed by atoms with Gasteiger partial charge in [-0.1, -0.05) is 5.16 Å². The highest BCUT2D eigenvalue weighted by Gasteiger charge is 2.13. The van der Waals surface area contributed by atoms with Gasteiger partial charge >= 0.3 is 0 Å². The van der Waals surface area contributed by atoms with Crippen LogP contribution >= 0.6 is 0 Å². The minimum absolute atomic E-state index is 0.0571. The molecule has 0 atom stereocenters. The second-order valence-electron chi connectivity index (χ2n) is 5.28. The number of aryl methyl sites for hydroxylation is 1. The molecule has 0 bridgehead atoms. The molecule has 0 saturated heterocycles. The van der Waals surface area contributed by atoms with Crippen molar-refractivity contribution in [3.05, 3.63) is 29.8 Å². The fourth-order valence-corrected chi connectivity index (χ4v) is 1.51. The van der Waals surface area contributed by atoms with Gasteiger partial charge in [-0.3, -0.25) is 4.98 Å². The van der Waals surface area contributed by atoms with Gasteiger partial charge in [0.2, 0.25) is 0 Å². The summed E-state index contributed by atoms with van der Waals surface area (Å²) in [6, 6.07) is 1.90. The Hall–Kier alpha value is -1.75. The molecule has 1 N–H and O–H groups in total. The Morgan fingerprint density at radius 3 is 2.61 bits per heavy atom. The first-order valence-electron chi connectivity index (χ1n) is 5.94. The summed E-state index contributed by atoms with van der Waals surface area (Å²) in [6.07, 6.45) is 3.31. The van der Waals surface area contributed by atoms with Crippen molar-refractivity contribution in [3.8, 4) is 11.5 Å². The van der Waals surface area contributed by atoms with Gasteiger partial charge in [-0.2, -0.15) is 0 Å². The minimum atomic E-state index is 0.0571. The number of rotatable bonds is 3. The first-order chi connectivity index (χ1) is 8.46. The van der Waals surface area contributed by atoms with Crippen LogP contribution in [0.1, 0.15) is 32.2 Å². The van der Waals surface area contributed by atoms with Gasteiger partial charge in [0.25, 0.3) is 0 Å². The Bertz CT molecular complexity index is 528. The van der Waals surface area contributed by atoms with Crippen LogP contribution in [0.15, 0.2) is 23.0 Å². The van der Waals surface area contributed by atoms with Crippen molar-refractivity contribution in [1.82, 2.24) is 20.4 Å². The zero-order valence-electron chi connectivity index (χ0n) is 11.2. The van der Waals surface area contributed by atoms with Gasteiger partial charge in [0.15, 0.2) is 5.76 Å². The van der Waals surface area contributed by atoms with Crippen LogP contribution in [0.2, 0.25) is 0 Å². The van der Waals surface area contributed by atoms with Crippen molar-refractivity contribution in [1.29, 1.82) is 0 Å². The summed E-state index contributed by atoms with van der Waals surface area (Å²) in [5, 5.41) is 7.39. The molecule has 18 heavy (non-hydrogen) atoms. The third-order valence-electron chi connectivity index (χ3n) is 2.47. The highest BCUT2D eigenvalue weighted by Crippen LogP contribution is 2.20. The number of aromatic nitrogens is 3. The fraction of sp³-hybridized carbons (Fsp3) is 0.462. The zero-order valence-corrected chi connectivity index (χ0v) is 11.2. The Morgan fingerprint density at radius 2 is 1.94 bits per heavy atom. The van der Waals surface area contributed by atoms with Gasteiger partial charge in [0.05, 0.1) is 11.4 Å². The van der Waals surface area contributed by atoms with E-state index in [-0.39, 0.29) is 5.54 Å². The lowest BCUT2D eigenvalue weighted by atomic mass is 10.1. The number of nitrogens with zero attached hydrogens (tertiary/aromatic N) is 3. The lowest BCUT2D eigenvalue weighted by molar-refractivity contribution is 0.392. The van der Waals surface area contributed by atoms with Crippen LogP contribution in [-0.4, -0.2) is 20.7 Å². The highest BCUT2D eigenvalue weighted by molar-refractivity contribution is 5.54. The molecule has 0 radical (unpaired) electrons. The van der Waals surface area contributed by atoms with E-state index in [1.807, 2.05) is 13.0 Å².